The van der Waals surface area contributed by atoms with E-state index in [2.05, 4.69) is 10.6 Å². The molecule has 2 aliphatic heterocycles. The summed E-state index contributed by atoms with van der Waals surface area (Å²) >= 11 is 6.02. The zero-order valence-corrected chi connectivity index (χ0v) is 21.3. The SMILES string of the molecule is COc1ccc(C(=O)N[C@@H](C(=O)N2CCCCC2)C2CCN(C(=O)Nc3cccc(Cl)c3)CC2)cc1. The Bertz CT molecular complexity index is 1060. The Morgan fingerprint density at radius 1 is 0.944 bits per heavy atom. The third kappa shape index (κ3) is 6.49. The molecule has 0 bridgehead atoms. The van der Waals surface area contributed by atoms with Gasteiger partial charge in [-0.1, -0.05) is 17.7 Å². The number of nitrogens with one attached hydrogen (secondary N) is 2. The van der Waals surface area contributed by atoms with Crippen molar-refractivity contribution in [3.8, 4) is 5.75 Å². The van der Waals surface area contributed by atoms with Crippen molar-refractivity contribution in [2.45, 2.75) is 38.1 Å². The van der Waals surface area contributed by atoms with Gasteiger partial charge in [-0.25, -0.2) is 4.79 Å². The molecule has 0 spiro atoms. The zero-order valence-electron chi connectivity index (χ0n) is 20.5. The first-order valence-corrected chi connectivity index (χ1v) is 12.9. The van der Waals surface area contributed by atoms with Gasteiger partial charge in [-0.2, -0.15) is 0 Å². The molecule has 0 saturated carbocycles. The van der Waals surface area contributed by atoms with Gasteiger partial charge >= 0.3 is 6.03 Å². The lowest BCUT2D eigenvalue weighted by molar-refractivity contribution is -0.136. The number of piperidine rings is 2. The zero-order chi connectivity index (χ0) is 25.5. The molecule has 2 fully saturated rings. The Hall–Kier alpha value is -3.26. The number of ether oxygens (including phenoxy) is 1. The Kier molecular flexibility index (Phi) is 8.70. The number of likely N-dealkylation sites (tertiary alicyclic amines) is 2. The number of carbonyl (C=O) groups excluding carboxylic acids is 3. The van der Waals surface area contributed by atoms with Gasteiger partial charge in [0.25, 0.3) is 5.91 Å². The summed E-state index contributed by atoms with van der Waals surface area (Å²) in [6.07, 6.45) is 4.32. The maximum Gasteiger partial charge on any atom is 0.321 e. The molecule has 0 radical (unpaired) electrons. The largest absolute Gasteiger partial charge is 0.497 e. The fourth-order valence-electron chi connectivity index (χ4n) is 4.86. The van der Waals surface area contributed by atoms with Crippen molar-refractivity contribution in [3.63, 3.8) is 0 Å². The summed E-state index contributed by atoms with van der Waals surface area (Å²) in [6.45, 7) is 2.43. The second-order valence-corrected chi connectivity index (χ2v) is 9.77. The first-order chi connectivity index (χ1) is 17.4. The molecule has 0 aliphatic carbocycles. The predicted molar refractivity (Wildman–Crippen MR) is 139 cm³/mol. The van der Waals surface area contributed by atoms with Gasteiger partial charge in [0, 0.05) is 42.5 Å². The second kappa shape index (κ2) is 12.1. The normalized spacial score (nSPS) is 17.3. The number of anilines is 1. The van der Waals surface area contributed by atoms with Gasteiger partial charge in [-0.15, -0.1) is 0 Å². The maximum absolute atomic E-state index is 13.5. The number of carbonyl (C=O) groups is 3. The molecule has 2 N–H and O–H groups in total. The van der Waals surface area contributed by atoms with E-state index in [9.17, 15) is 14.4 Å². The quantitative estimate of drug-likeness (QED) is 0.600. The van der Waals surface area contributed by atoms with Crippen LogP contribution in [0, 0.1) is 5.92 Å². The van der Waals surface area contributed by atoms with E-state index in [1.807, 2.05) is 4.90 Å². The summed E-state index contributed by atoms with van der Waals surface area (Å²) in [6, 6.07) is 13.1. The second-order valence-electron chi connectivity index (χ2n) is 9.33. The van der Waals surface area contributed by atoms with E-state index < -0.39 is 6.04 Å². The lowest BCUT2D eigenvalue weighted by atomic mass is 9.88. The average molecular weight is 513 g/mol. The van der Waals surface area contributed by atoms with Crippen molar-refractivity contribution in [3.05, 3.63) is 59.1 Å². The molecule has 0 aromatic heterocycles. The van der Waals surface area contributed by atoms with Crippen LogP contribution in [-0.2, 0) is 4.79 Å². The van der Waals surface area contributed by atoms with Crippen molar-refractivity contribution < 1.29 is 19.1 Å². The van der Waals surface area contributed by atoms with E-state index in [0.29, 0.717) is 61.0 Å². The van der Waals surface area contributed by atoms with Gasteiger partial charge < -0.3 is 25.2 Å². The molecular weight excluding hydrogens is 480 g/mol. The molecule has 9 heteroatoms. The average Bonchev–Trinajstić information content (AvgIpc) is 2.92. The molecule has 4 rings (SSSR count). The Morgan fingerprint density at radius 3 is 2.28 bits per heavy atom. The topological polar surface area (TPSA) is 91.0 Å². The summed E-state index contributed by atoms with van der Waals surface area (Å²) in [5.41, 5.74) is 1.12. The van der Waals surface area contributed by atoms with Gasteiger partial charge in [0.05, 0.1) is 7.11 Å². The van der Waals surface area contributed by atoms with Crippen molar-refractivity contribution in [1.29, 1.82) is 0 Å². The van der Waals surface area contributed by atoms with Gasteiger partial charge in [0.2, 0.25) is 5.91 Å². The van der Waals surface area contributed by atoms with E-state index in [1.54, 1.807) is 60.5 Å². The van der Waals surface area contributed by atoms with Gasteiger partial charge in [0.1, 0.15) is 11.8 Å². The van der Waals surface area contributed by atoms with Crippen molar-refractivity contribution in [2.24, 2.45) is 5.92 Å². The van der Waals surface area contributed by atoms with Gasteiger partial charge in [0.15, 0.2) is 0 Å². The molecular formula is C27H33ClN4O4. The molecule has 2 aromatic rings. The van der Waals surface area contributed by atoms with E-state index in [-0.39, 0.29) is 23.8 Å². The van der Waals surface area contributed by atoms with Crippen LogP contribution in [0.15, 0.2) is 48.5 Å². The van der Waals surface area contributed by atoms with Crippen molar-refractivity contribution >= 4 is 35.1 Å². The number of amides is 4. The molecule has 1 atom stereocenters. The highest BCUT2D eigenvalue weighted by Crippen LogP contribution is 2.25. The molecule has 36 heavy (non-hydrogen) atoms. The Morgan fingerprint density at radius 2 is 1.64 bits per heavy atom. The molecule has 2 saturated heterocycles. The standard InChI is InChI=1S/C27H33ClN4O4/c1-36-23-10-8-20(9-11-23)25(33)30-24(26(34)31-14-3-2-4-15-31)19-12-16-32(17-13-19)27(35)29-22-7-5-6-21(28)18-22/h5-11,18-19,24H,2-4,12-17H2,1H3,(H,29,35)(H,30,33)/t24-/m1/s1. The molecule has 0 unspecified atom stereocenters. The van der Waals surface area contributed by atoms with Crippen molar-refractivity contribution in [1.82, 2.24) is 15.1 Å². The first-order valence-electron chi connectivity index (χ1n) is 12.5. The summed E-state index contributed by atoms with van der Waals surface area (Å²) in [7, 11) is 1.57. The number of methoxy groups -OCH3 is 1. The van der Waals surface area contributed by atoms with Crippen LogP contribution in [0.2, 0.25) is 5.02 Å². The summed E-state index contributed by atoms with van der Waals surface area (Å²) in [5, 5.41) is 6.46. The van der Waals surface area contributed by atoms with Crippen LogP contribution < -0.4 is 15.4 Å². The van der Waals surface area contributed by atoms with Crippen LogP contribution in [0.5, 0.6) is 5.75 Å². The summed E-state index contributed by atoms with van der Waals surface area (Å²) < 4.78 is 5.18. The van der Waals surface area contributed by atoms with E-state index in [1.165, 1.54) is 0 Å². The van der Waals surface area contributed by atoms with Crippen LogP contribution in [0.4, 0.5) is 10.5 Å². The number of nitrogens with zero attached hydrogens (tertiary/aromatic N) is 2. The van der Waals surface area contributed by atoms with Gasteiger partial charge in [-0.3, -0.25) is 9.59 Å². The molecule has 192 valence electrons. The number of benzene rings is 2. The highest BCUT2D eigenvalue weighted by Gasteiger charge is 2.36. The maximum atomic E-state index is 13.5. The molecule has 8 nitrogen and oxygen atoms in total. The highest BCUT2D eigenvalue weighted by atomic mass is 35.5. The van der Waals surface area contributed by atoms with Crippen molar-refractivity contribution in [2.75, 3.05) is 38.6 Å². The minimum absolute atomic E-state index is 0.0293. The van der Waals surface area contributed by atoms with E-state index >= 15 is 0 Å². The Balaban J connectivity index is 1.42. The lowest BCUT2D eigenvalue weighted by Gasteiger charge is -2.38. The summed E-state index contributed by atoms with van der Waals surface area (Å²) in [5.74, 6) is 0.292. The lowest BCUT2D eigenvalue weighted by Crippen LogP contribution is -2.55. The van der Waals surface area contributed by atoms with Crippen LogP contribution >= 0.6 is 11.6 Å². The van der Waals surface area contributed by atoms with Crippen LogP contribution in [-0.4, -0.2) is 67.0 Å². The number of halogens is 1. The third-order valence-corrected chi connectivity index (χ3v) is 7.18. The first kappa shape index (κ1) is 25.8. The third-order valence-electron chi connectivity index (χ3n) is 6.95. The fraction of sp³-hybridized carbons (Fsp3) is 0.444. The van der Waals surface area contributed by atoms with Gasteiger partial charge in [-0.05, 0) is 80.5 Å². The number of hydrogen-bond acceptors (Lipinski definition) is 4. The number of hydrogen-bond donors (Lipinski definition) is 2. The monoisotopic (exact) mass is 512 g/mol. The smallest absolute Gasteiger partial charge is 0.321 e. The van der Waals surface area contributed by atoms with Crippen LogP contribution in [0.25, 0.3) is 0 Å². The number of urea groups is 1. The molecule has 2 aromatic carbocycles. The predicted octanol–water partition coefficient (Wildman–Crippen LogP) is 4.40. The molecule has 2 heterocycles. The fourth-order valence-corrected chi connectivity index (χ4v) is 5.05. The number of rotatable bonds is 6. The minimum Gasteiger partial charge on any atom is -0.497 e. The van der Waals surface area contributed by atoms with E-state index in [0.717, 1.165) is 19.3 Å². The Labute approximate surface area is 216 Å². The molecule has 2 aliphatic rings. The van der Waals surface area contributed by atoms with Crippen LogP contribution in [0.3, 0.4) is 0 Å². The summed E-state index contributed by atoms with van der Waals surface area (Å²) in [4.78, 5) is 43.0. The highest BCUT2D eigenvalue weighted by molar-refractivity contribution is 6.30. The van der Waals surface area contributed by atoms with E-state index in [4.69, 9.17) is 16.3 Å². The van der Waals surface area contributed by atoms with Crippen LogP contribution in [0.1, 0.15) is 42.5 Å². The molecule has 4 amide bonds. The minimum atomic E-state index is -0.629.